The number of carbonyl (C=O) groups is 1. The van der Waals surface area contributed by atoms with Crippen LogP contribution in [0.4, 0.5) is 0 Å². The molecule has 0 aliphatic carbocycles. The number of nitrogens with zero attached hydrogens (tertiary/aromatic N) is 5. The molecular weight excluding hydrogens is 278 g/mol. The monoisotopic (exact) mass is 301 g/mol. The minimum absolute atomic E-state index is 0.0255. The van der Waals surface area contributed by atoms with Crippen LogP contribution >= 0.6 is 0 Å². The Morgan fingerprint density at radius 2 is 2.00 bits per heavy atom. The lowest BCUT2D eigenvalue weighted by atomic mass is 9.79. The molecule has 3 heterocycles. The zero-order valence-electron chi connectivity index (χ0n) is 13.9. The molecule has 1 unspecified atom stereocenters. The van der Waals surface area contributed by atoms with Gasteiger partial charge >= 0.3 is 0 Å². The molecule has 0 N–H and O–H groups in total. The number of carbonyl (C=O) groups excluding carboxylic acids is 1. The summed E-state index contributed by atoms with van der Waals surface area (Å²) in [5.41, 5.74) is 2.71. The minimum atomic E-state index is 0.0255. The van der Waals surface area contributed by atoms with E-state index in [2.05, 4.69) is 24.0 Å². The van der Waals surface area contributed by atoms with E-state index in [9.17, 15) is 4.79 Å². The van der Waals surface area contributed by atoms with Crippen molar-refractivity contribution in [3.63, 3.8) is 0 Å². The van der Waals surface area contributed by atoms with Crippen molar-refractivity contribution in [3.8, 4) is 0 Å². The summed E-state index contributed by atoms with van der Waals surface area (Å²) in [7, 11) is 3.77. The first-order valence-corrected chi connectivity index (χ1v) is 7.56. The lowest BCUT2D eigenvalue weighted by Gasteiger charge is -2.24. The average molecular weight is 301 g/mol. The van der Waals surface area contributed by atoms with Crippen molar-refractivity contribution in [1.82, 2.24) is 24.5 Å². The number of rotatable bonds is 2. The van der Waals surface area contributed by atoms with Crippen LogP contribution in [0.2, 0.25) is 0 Å². The van der Waals surface area contributed by atoms with Gasteiger partial charge in [0.25, 0.3) is 5.91 Å². The molecule has 2 aromatic rings. The molecule has 0 bridgehead atoms. The number of hydrogen-bond acceptors (Lipinski definition) is 3. The van der Waals surface area contributed by atoms with E-state index < -0.39 is 0 Å². The molecule has 0 spiro atoms. The van der Waals surface area contributed by atoms with Gasteiger partial charge in [-0.15, -0.1) is 0 Å². The zero-order valence-corrected chi connectivity index (χ0v) is 13.9. The second-order valence-corrected chi connectivity index (χ2v) is 7.01. The number of aromatic nitrogens is 4. The van der Waals surface area contributed by atoms with Crippen LogP contribution in [0.5, 0.6) is 0 Å². The standard InChI is InChI=1S/C16H23N5O/c1-11-7-20(5)18-14(11)15(22)21-9-13(16(2,3)10-21)12-6-17-19(4)8-12/h6-8,13H,9-10H2,1-5H3. The van der Waals surface area contributed by atoms with Crippen molar-refractivity contribution >= 4 is 5.91 Å². The minimum Gasteiger partial charge on any atom is -0.336 e. The van der Waals surface area contributed by atoms with E-state index in [-0.39, 0.29) is 11.3 Å². The van der Waals surface area contributed by atoms with Crippen molar-refractivity contribution < 1.29 is 4.79 Å². The molecule has 1 aliphatic heterocycles. The molecule has 22 heavy (non-hydrogen) atoms. The van der Waals surface area contributed by atoms with Crippen molar-refractivity contribution in [2.45, 2.75) is 26.7 Å². The third kappa shape index (κ3) is 2.42. The summed E-state index contributed by atoms with van der Waals surface area (Å²) in [6, 6.07) is 0. The fourth-order valence-electron chi connectivity index (χ4n) is 3.43. The second kappa shape index (κ2) is 4.97. The molecule has 118 valence electrons. The first kappa shape index (κ1) is 14.8. The van der Waals surface area contributed by atoms with E-state index in [1.54, 1.807) is 4.68 Å². The fraction of sp³-hybridized carbons (Fsp3) is 0.562. The van der Waals surface area contributed by atoms with Gasteiger partial charge in [0.1, 0.15) is 0 Å². The summed E-state index contributed by atoms with van der Waals surface area (Å²) in [5, 5.41) is 8.58. The maximum absolute atomic E-state index is 12.8. The van der Waals surface area contributed by atoms with Gasteiger partial charge < -0.3 is 4.90 Å². The van der Waals surface area contributed by atoms with Gasteiger partial charge in [0.05, 0.1) is 6.20 Å². The highest BCUT2D eigenvalue weighted by Gasteiger charge is 2.43. The molecule has 0 saturated carbocycles. The summed E-state index contributed by atoms with van der Waals surface area (Å²) in [6.07, 6.45) is 5.84. The molecule has 0 aromatic carbocycles. The lowest BCUT2D eigenvalue weighted by Crippen LogP contribution is -2.31. The smallest absolute Gasteiger partial charge is 0.274 e. The Morgan fingerprint density at radius 1 is 1.27 bits per heavy atom. The van der Waals surface area contributed by atoms with Crippen LogP contribution in [-0.4, -0.2) is 43.5 Å². The molecule has 1 saturated heterocycles. The third-order valence-electron chi connectivity index (χ3n) is 4.57. The Hall–Kier alpha value is -2.11. The summed E-state index contributed by atoms with van der Waals surface area (Å²) < 4.78 is 3.52. The molecule has 1 amide bonds. The molecule has 2 aromatic heterocycles. The average Bonchev–Trinajstić information content (AvgIpc) is 3.06. The molecular formula is C16H23N5O. The van der Waals surface area contributed by atoms with Crippen LogP contribution in [0.1, 0.15) is 41.4 Å². The highest BCUT2D eigenvalue weighted by Crippen LogP contribution is 2.42. The van der Waals surface area contributed by atoms with Gasteiger partial charge in [-0.2, -0.15) is 10.2 Å². The van der Waals surface area contributed by atoms with Crippen molar-refractivity contribution in [3.05, 3.63) is 35.4 Å². The summed E-state index contributed by atoms with van der Waals surface area (Å²) in [6.45, 7) is 7.81. The number of hydrogen-bond donors (Lipinski definition) is 0. The summed E-state index contributed by atoms with van der Waals surface area (Å²) in [5.74, 6) is 0.326. The largest absolute Gasteiger partial charge is 0.336 e. The maximum atomic E-state index is 12.8. The topological polar surface area (TPSA) is 56.0 Å². The predicted molar refractivity (Wildman–Crippen MR) is 83.6 cm³/mol. The van der Waals surface area contributed by atoms with Gasteiger partial charge in [-0.25, -0.2) is 0 Å². The quantitative estimate of drug-likeness (QED) is 0.849. The SMILES string of the molecule is Cc1cn(C)nc1C(=O)N1CC(c2cnn(C)c2)C(C)(C)C1. The van der Waals surface area contributed by atoms with Crippen LogP contribution in [0.25, 0.3) is 0 Å². The van der Waals surface area contributed by atoms with Gasteiger partial charge in [-0.3, -0.25) is 14.2 Å². The molecule has 0 radical (unpaired) electrons. The van der Waals surface area contributed by atoms with Crippen LogP contribution < -0.4 is 0 Å². The molecule has 1 atom stereocenters. The highest BCUT2D eigenvalue weighted by atomic mass is 16.2. The second-order valence-electron chi connectivity index (χ2n) is 7.01. The van der Waals surface area contributed by atoms with Crippen molar-refractivity contribution in [2.24, 2.45) is 19.5 Å². The first-order chi connectivity index (χ1) is 10.3. The van der Waals surface area contributed by atoms with Gasteiger partial charge in [0.15, 0.2) is 5.69 Å². The Kier molecular flexibility index (Phi) is 3.34. The Balaban J connectivity index is 1.86. The first-order valence-electron chi connectivity index (χ1n) is 7.56. The Bertz CT molecular complexity index is 712. The Labute approximate surface area is 130 Å². The molecule has 1 aliphatic rings. The van der Waals surface area contributed by atoms with E-state index in [0.717, 1.165) is 12.1 Å². The number of aryl methyl sites for hydroxylation is 3. The highest BCUT2D eigenvalue weighted by molar-refractivity contribution is 5.94. The van der Waals surface area contributed by atoms with Gasteiger partial charge in [0, 0.05) is 51.1 Å². The normalized spacial score (nSPS) is 20.6. The van der Waals surface area contributed by atoms with Crippen LogP contribution in [0, 0.1) is 12.3 Å². The van der Waals surface area contributed by atoms with E-state index >= 15 is 0 Å². The maximum Gasteiger partial charge on any atom is 0.274 e. The number of amides is 1. The van der Waals surface area contributed by atoms with E-state index in [4.69, 9.17) is 0 Å². The molecule has 6 nitrogen and oxygen atoms in total. The third-order valence-corrected chi connectivity index (χ3v) is 4.57. The van der Waals surface area contributed by atoms with Crippen molar-refractivity contribution in [1.29, 1.82) is 0 Å². The van der Waals surface area contributed by atoms with Gasteiger partial charge in [-0.05, 0) is 17.9 Å². The zero-order chi connectivity index (χ0) is 16.1. The summed E-state index contributed by atoms with van der Waals surface area (Å²) >= 11 is 0. The van der Waals surface area contributed by atoms with Gasteiger partial charge in [0.2, 0.25) is 0 Å². The lowest BCUT2D eigenvalue weighted by molar-refractivity contribution is 0.0770. The molecule has 3 rings (SSSR count). The fourth-order valence-corrected chi connectivity index (χ4v) is 3.43. The van der Waals surface area contributed by atoms with Gasteiger partial charge in [-0.1, -0.05) is 13.8 Å². The predicted octanol–water partition coefficient (Wildman–Crippen LogP) is 1.73. The van der Waals surface area contributed by atoms with E-state index in [1.165, 1.54) is 5.56 Å². The molecule has 6 heteroatoms. The van der Waals surface area contributed by atoms with Crippen molar-refractivity contribution in [2.75, 3.05) is 13.1 Å². The van der Waals surface area contributed by atoms with E-state index in [0.29, 0.717) is 18.2 Å². The van der Waals surface area contributed by atoms with Crippen LogP contribution in [-0.2, 0) is 14.1 Å². The summed E-state index contributed by atoms with van der Waals surface area (Å²) in [4.78, 5) is 14.7. The van der Waals surface area contributed by atoms with Crippen LogP contribution in [0.3, 0.4) is 0 Å². The molecule has 1 fully saturated rings. The Morgan fingerprint density at radius 3 is 2.55 bits per heavy atom. The number of likely N-dealkylation sites (tertiary alicyclic amines) is 1. The van der Waals surface area contributed by atoms with Crippen LogP contribution in [0.15, 0.2) is 18.6 Å². The van der Waals surface area contributed by atoms with E-state index in [1.807, 2.05) is 49.2 Å².